The van der Waals surface area contributed by atoms with Gasteiger partial charge in [0.2, 0.25) is 4.80 Å². The van der Waals surface area contributed by atoms with E-state index in [1.54, 1.807) is 26.2 Å². The van der Waals surface area contributed by atoms with Crippen LogP contribution < -0.4 is 10.4 Å². The average Bonchev–Trinajstić information content (AvgIpc) is 3.47. The Morgan fingerprint density at radius 2 is 1.71 bits per heavy atom. The molecule has 9 nitrogen and oxygen atoms in total. The molecule has 2 heterocycles. The maximum Gasteiger partial charge on any atom is 0.297 e. The molecule has 0 atom stereocenters. The van der Waals surface area contributed by atoms with Gasteiger partial charge in [-0.05, 0) is 81.5 Å². The molecule has 0 spiro atoms. The predicted molar refractivity (Wildman–Crippen MR) is 166 cm³/mol. The topological polar surface area (TPSA) is 99.7 Å². The van der Waals surface area contributed by atoms with E-state index in [9.17, 15) is 14.9 Å². The fourth-order valence-electron chi connectivity index (χ4n) is 5.58. The molecule has 6 rings (SSSR count). The lowest BCUT2D eigenvalue weighted by atomic mass is 9.86. The van der Waals surface area contributed by atoms with Gasteiger partial charge in [0.1, 0.15) is 0 Å². The molecule has 10 heteroatoms. The van der Waals surface area contributed by atoms with Crippen molar-refractivity contribution in [1.82, 2.24) is 14.0 Å². The smallest absolute Gasteiger partial charge is 0.283 e. The zero-order valence-electron chi connectivity index (χ0n) is 23.9. The number of hydrogen-bond donors (Lipinski definition) is 0. The first-order valence-electron chi connectivity index (χ1n) is 13.8. The van der Waals surface area contributed by atoms with Crippen molar-refractivity contribution in [1.29, 1.82) is 0 Å². The maximum atomic E-state index is 13.7. The van der Waals surface area contributed by atoms with Gasteiger partial charge in [0, 0.05) is 35.7 Å². The summed E-state index contributed by atoms with van der Waals surface area (Å²) in [5.74, 6) is 0. The molecule has 0 bridgehead atoms. The summed E-state index contributed by atoms with van der Waals surface area (Å²) >= 11 is 1.38. The van der Waals surface area contributed by atoms with Crippen LogP contribution in [0.15, 0.2) is 87.0 Å². The number of rotatable bonds is 5. The molecule has 0 saturated heterocycles. The first-order valence-corrected chi connectivity index (χ1v) is 14.6. The molecule has 42 heavy (non-hydrogen) atoms. The van der Waals surface area contributed by atoms with Crippen molar-refractivity contribution in [3.63, 3.8) is 0 Å². The van der Waals surface area contributed by atoms with Crippen LogP contribution in [0.4, 0.5) is 11.4 Å². The Morgan fingerprint density at radius 3 is 2.43 bits per heavy atom. The van der Waals surface area contributed by atoms with Gasteiger partial charge < -0.3 is 0 Å². The predicted octanol–water partition coefficient (Wildman–Crippen LogP) is 6.36. The summed E-state index contributed by atoms with van der Waals surface area (Å²) < 4.78 is 5.20. The van der Waals surface area contributed by atoms with E-state index < -0.39 is 4.92 Å². The van der Waals surface area contributed by atoms with Gasteiger partial charge in [-0.3, -0.25) is 19.6 Å². The first-order chi connectivity index (χ1) is 20.2. The quantitative estimate of drug-likeness (QED) is 0.179. The minimum Gasteiger partial charge on any atom is -0.283 e. The molecular formula is C32H30N6O3S. The summed E-state index contributed by atoms with van der Waals surface area (Å²) in [6.07, 6.45) is 2.80. The second kappa shape index (κ2) is 10.9. The molecule has 0 N–H and O–H groups in total. The number of para-hydroxylation sites is 1. The number of fused-ring (bicyclic) bond motifs is 1. The standard InChI is InChI=1S/C32H30N6O3S/c1-20-17-21(2)26-11-8-12-28(27(26)18-20)34-36-29(23-13-15-25(16-14-23)38(40)41)19-42-32(36)33-30-22(3)35(4)37(31(30)39)24-9-6-5-7-10-24/h5-7,9-10,13-19H,8,11-12H2,1-4H3. The second-order valence-electron chi connectivity index (χ2n) is 10.5. The van der Waals surface area contributed by atoms with Crippen molar-refractivity contribution < 1.29 is 4.92 Å². The Hall–Kier alpha value is -4.83. The highest BCUT2D eigenvalue weighted by molar-refractivity contribution is 7.07. The van der Waals surface area contributed by atoms with Gasteiger partial charge in [-0.15, -0.1) is 11.3 Å². The fourth-order valence-corrected chi connectivity index (χ4v) is 6.42. The molecule has 0 unspecified atom stereocenters. The van der Waals surface area contributed by atoms with E-state index in [1.165, 1.54) is 40.2 Å². The van der Waals surface area contributed by atoms with Crippen molar-refractivity contribution in [3.8, 4) is 16.9 Å². The van der Waals surface area contributed by atoms with Gasteiger partial charge in [0.25, 0.3) is 11.2 Å². The van der Waals surface area contributed by atoms with Crippen LogP contribution in [0.2, 0.25) is 0 Å². The van der Waals surface area contributed by atoms with E-state index in [0.717, 1.165) is 53.2 Å². The summed E-state index contributed by atoms with van der Waals surface area (Å²) in [5.41, 5.74) is 8.97. The number of benzene rings is 3. The molecule has 212 valence electrons. The zero-order chi connectivity index (χ0) is 29.5. The highest BCUT2D eigenvalue weighted by Gasteiger charge is 2.21. The third kappa shape index (κ3) is 4.83. The molecule has 0 aliphatic heterocycles. The molecule has 0 fully saturated rings. The SMILES string of the molecule is Cc1cc(C)c2c(c1)C(=Nn1c(-c3ccc([N+](=O)[O-])cc3)csc1=Nc1c(C)n(C)n(-c3ccccc3)c1=O)CCC2. The van der Waals surface area contributed by atoms with Gasteiger partial charge in [-0.2, -0.15) is 5.10 Å². The van der Waals surface area contributed by atoms with Gasteiger partial charge in [0.05, 0.1) is 27.7 Å². The Labute approximate surface area is 246 Å². The number of nitro benzene ring substituents is 1. The molecule has 2 aromatic heterocycles. The van der Waals surface area contributed by atoms with Crippen LogP contribution in [0.25, 0.3) is 16.9 Å². The highest BCUT2D eigenvalue weighted by atomic mass is 32.1. The summed E-state index contributed by atoms with van der Waals surface area (Å²) in [6, 6.07) is 20.3. The molecule has 1 aliphatic carbocycles. The molecule has 3 aromatic carbocycles. The molecule has 1 aliphatic rings. The lowest BCUT2D eigenvalue weighted by molar-refractivity contribution is -0.384. The monoisotopic (exact) mass is 578 g/mol. The summed E-state index contributed by atoms with van der Waals surface area (Å²) in [7, 11) is 1.84. The number of thiazole rings is 1. The Morgan fingerprint density at radius 1 is 0.976 bits per heavy atom. The van der Waals surface area contributed by atoms with Crippen molar-refractivity contribution >= 4 is 28.4 Å². The molecule has 0 saturated carbocycles. The van der Waals surface area contributed by atoms with E-state index in [0.29, 0.717) is 10.5 Å². The third-order valence-electron chi connectivity index (χ3n) is 7.78. The van der Waals surface area contributed by atoms with Crippen LogP contribution >= 0.6 is 11.3 Å². The molecule has 5 aromatic rings. The van der Waals surface area contributed by atoms with Crippen molar-refractivity contribution in [2.45, 2.75) is 40.0 Å². The van der Waals surface area contributed by atoms with Crippen molar-refractivity contribution in [2.75, 3.05) is 0 Å². The highest BCUT2D eigenvalue weighted by Crippen LogP contribution is 2.28. The molecule has 0 radical (unpaired) electrons. The van der Waals surface area contributed by atoms with Crippen LogP contribution in [-0.4, -0.2) is 24.7 Å². The fraction of sp³-hybridized carbons (Fsp3) is 0.219. The van der Waals surface area contributed by atoms with Crippen molar-refractivity contribution in [3.05, 3.63) is 125 Å². The Balaban J connectivity index is 1.58. The van der Waals surface area contributed by atoms with Crippen LogP contribution in [-0.2, 0) is 13.5 Å². The van der Waals surface area contributed by atoms with Crippen LogP contribution in [0.5, 0.6) is 0 Å². The summed E-state index contributed by atoms with van der Waals surface area (Å²) in [5, 5.41) is 18.4. The lowest BCUT2D eigenvalue weighted by Gasteiger charge is -2.21. The summed E-state index contributed by atoms with van der Waals surface area (Å²) in [6.45, 7) is 6.12. The van der Waals surface area contributed by atoms with Gasteiger partial charge in [-0.1, -0.05) is 29.8 Å². The summed E-state index contributed by atoms with van der Waals surface area (Å²) in [4.78, 5) is 30.0. The van der Waals surface area contributed by atoms with Gasteiger partial charge in [0.15, 0.2) is 5.69 Å². The van der Waals surface area contributed by atoms with E-state index in [1.807, 2.05) is 49.7 Å². The minimum absolute atomic E-state index is 0.0188. The molecular weight excluding hydrogens is 548 g/mol. The zero-order valence-corrected chi connectivity index (χ0v) is 24.7. The second-order valence-corrected chi connectivity index (χ2v) is 11.4. The lowest BCUT2D eigenvalue weighted by Crippen LogP contribution is -2.21. The average molecular weight is 579 g/mol. The first kappa shape index (κ1) is 27.3. The van der Waals surface area contributed by atoms with E-state index in [4.69, 9.17) is 10.1 Å². The van der Waals surface area contributed by atoms with Crippen molar-refractivity contribution in [2.24, 2.45) is 17.1 Å². The third-order valence-corrected chi connectivity index (χ3v) is 8.60. The van der Waals surface area contributed by atoms with E-state index in [-0.39, 0.29) is 11.2 Å². The number of hydrogen-bond acceptors (Lipinski definition) is 6. The number of nitro groups is 1. The largest absolute Gasteiger partial charge is 0.297 e. The van der Waals surface area contributed by atoms with Gasteiger partial charge in [-0.25, -0.2) is 14.4 Å². The van der Waals surface area contributed by atoms with Crippen LogP contribution in [0, 0.1) is 30.9 Å². The number of aryl methyl sites for hydroxylation is 2. The number of non-ortho nitro benzene ring substituents is 1. The van der Waals surface area contributed by atoms with E-state index in [2.05, 4.69) is 26.0 Å². The maximum absolute atomic E-state index is 13.7. The normalized spacial score (nSPS) is 14.4. The Kier molecular flexibility index (Phi) is 7.07. The van der Waals surface area contributed by atoms with Gasteiger partial charge >= 0.3 is 0 Å². The van der Waals surface area contributed by atoms with Crippen LogP contribution in [0.3, 0.4) is 0 Å². The number of nitrogens with zero attached hydrogens (tertiary/aromatic N) is 6. The Bertz CT molecular complexity index is 1990. The number of aromatic nitrogens is 3. The molecule has 0 amide bonds. The van der Waals surface area contributed by atoms with E-state index >= 15 is 0 Å². The van der Waals surface area contributed by atoms with Crippen LogP contribution in [0.1, 0.15) is 40.8 Å². The minimum atomic E-state index is -0.411.